The summed E-state index contributed by atoms with van der Waals surface area (Å²) in [5.41, 5.74) is 1.14. The van der Waals surface area contributed by atoms with Crippen molar-refractivity contribution in [3.05, 3.63) is 65.5 Å². The first-order chi connectivity index (χ1) is 15.3. The first-order valence-electron chi connectivity index (χ1n) is 10.7. The maximum absolute atomic E-state index is 13.7. The van der Waals surface area contributed by atoms with Gasteiger partial charge in [-0.2, -0.15) is 13.2 Å². The summed E-state index contributed by atoms with van der Waals surface area (Å²) in [4.78, 5) is 23.2. The highest BCUT2D eigenvalue weighted by Crippen LogP contribution is 2.23. The van der Waals surface area contributed by atoms with Crippen LogP contribution in [0.15, 0.2) is 48.5 Å². The summed E-state index contributed by atoms with van der Waals surface area (Å²) in [6.07, 6.45) is -5.07. The van der Waals surface area contributed by atoms with E-state index >= 15 is 0 Å². The van der Waals surface area contributed by atoms with Crippen molar-refractivity contribution in [2.24, 2.45) is 0 Å². The molecule has 0 aromatic heterocycles. The zero-order chi connectivity index (χ0) is 25.1. The lowest BCUT2D eigenvalue weighted by atomic mass is 10.1. The number of esters is 1. The van der Waals surface area contributed by atoms with E-state index in [2.05, 4.69) is 36.5 Å². The van der Waals surface area contributed by atoms with Crippen LogP contribution in [0.4, 0.5) is 23.2 Å². The van der Waals surface area contributed by atoms with Crippen LogP contribution in [0.5, 0.6) is 0 Å². The topological polar surface area (TPSA) is 55.4 Å². The molecule has 0 radical (unpaired) electrons. The second-order valence-corrected chi connectivity index (χ2v) is 8.40. The van der Waals surface area contributed by atoms with E-state index in [-0.39, 0.29) is 18.5 Å². The first-order valence-corrected chi connectivity index (χ1v) is 10.7. The number of carbonyl (C=O) groups is 2. The molecule has 4 nitrogen and oxygen atoms in total. The van der Waals surface area contributed by atoms with Crippen LogP contribution in [0.25, 0.3) is 0 Å². The summed E-state index contributed by atoms with van der Waals surface area (Å²) < 4.78 is 55.1. The minimum Gasteiger partial charge on any atom is -0.460 e. The molecule has 0 aliphatic carbocycles. The van der Waals surface area contributed by atoms with E-state index in [9.17, 15) is 27.2 Å². The fourth-order valence-corrected chi connectivity index (χ4v) is 2.64. The maximum Gasteiger partial charge on any atom is 0.389 e. The van der Waals surface area contributed by atoms with E-state index in [4.69, 9.17) is 4.74 Å². The van der Waals surface area contributed by atoms with Crippen LogP contribution < -0.4 is 5.32 Å². The molecular formula is C25H31F4NO3. The van der Waals surface area contributed by atoms with Crippen molar-refractivity contribution >= 4 is 17.6 Å². The summed E-state index contributed by atoms with van der Waals surface area (Å²) in [5, 5.41) is 2.12. The number of alkyl halides is 3. The molecule has 33 heavy (non-hydrogen) atoms. The summed E-state index contributed by atoms with van der Waals surface area (Å²) in [5.74, 6) is -2.12. The predicted molar refractivity (Wildman–Crippen MR) is 120 cm³/mol. The van der Waals surface area contributed by atoms with Gasteiger partial charge < -0.3 is 10.1 Å². The molecule has 0 fully saturated rings. The van der Waals surface area contributed by atoms with Crippen molar-refractivity contribution in [3.63, 3.8) is 0 Å². The Kier molecular flexibility index (Phi) is 11.1. The first kappa shape index (κ1) is 28.1. The summed E-state index contributed by atoms with van der Waals surface area (Å²) in [6, 6.07) is 14.3. The molecule has 1 amide bonds. The number of carbonyl (C=O) groups excluding carboxylic acids is 2. The third-order valence-electron chi connectivity index (χ3n) is 4.23. The van der Waals surface area contributed by atoms with E-state index in [0.29, 0.717) is 5.56 Å². The fraction of sp³-hybridized carbons (Fsp3) is 0.440. The predicted octanol–water partition coefficient (Wildman–Crippen LogP) is 6.63. The highest BCUT2D eigenvalue weighted by atomic mass is 19.4. The zero-order valence-corrected chi connectivity index (χ0v) is 19.4. The normalized spacial score (nSPS) is 11.3. The van der Waals surface area contributed by atoms with Gasteiger partial charge in [0.15, 0.2) is 0 Å². The standard InChI is InChI=1S/C17H21F4NO3.C8H10/c1-16(2,3)25-15(24)7-5-11-4-6-12(18)13(10-11)22-14(23)8-9-17(19,20)21;1-2-8-6-4-3-5-7-8/h4,6,10H,5,7-9H2,1-3H3,(H,22,23);3-7H,2H2,1H3. The van der Waals surface area contributed by atoms with Gasteiger partial charge in [-0.15, -0.1) is 0 Å². The van der Waals surface area contributed by atoms with Gasteiger partial charge in [0.25, 0.3) is 0 Å². The van der Waals surface area contributed by atoms with Crippen molar-refractivity contribution in [1.82, 2.24) is 0 Å². The Morgan fingerprint density at radius 1 is 0.939 bits per heavy atom. The number of anilines is 1. The summed E-state index contributed by atoms with van der Waals surface area (Å²) in [7, 11) is 0. The van der Waals surface area contributed by atoms with Crippen LogP contribution >= 0.6 is 0 Å². The second-order valence-electron chi connectivity index (χ2n) is 8.40. The Bertz CT molecular complexity index is 891. The van der Waals surface area contributed by atoms with E-state index in [1.54, 1.807) is 20.8 Å². The van der Waals surface area contributed by atoms with Crippen molar-refractivity contribution in [1.29, 1.82) is 0 Å². The molecule has 8 heteroatoms. The largest absolute Gasteiger partial charge is 0.460 e. The molecule has 0 aliphatic heterocycles. The summed E-state index contributed by atoms with van der Waals surface area (Å²) >= 11 is 0. The van der Waals surface area contributed by atoms with Crippen molar-refractivity contribution in [3.8, 4) is 0 Å². The maximum atomic E-state index is 13.7. The van der Waals surface area contributed by atoms with Gasteiger partial charge >= 0.3 is 12.1 Å². The van der Waals surface area contributed by atoms with Crippen LogP contribution in [0.3, 0.4) is 0 Å². The zero-order valence-electron chi connectivity index (χ0n) is 19.4. The van der Waals surface area contributed by atoms with Gasteiger partial charge in [-0.3, -0.25) is 9.59 Å². The molecule has 0 saturated carbocycles. The molecule has 0 saturated heterocycles. The van der Waals surface area contributed by atoms with E-state index in [1.807, 2.05) is 6.07 Å². The number of amides is 1. The Labute approximate surface area is 192 Å². The van der Waals surface area contributed by atoms with Gasteiger partial charge in [-0.1, -0.05) is 43.3 Å². The van der Waals surface area contributed by atoms with Crippen LogP contribution in [-0.2, 0) is 27.2 Å². The smallest absolute Gasteiger partial charge is 0.389 e. The monoisotopic (exact) mass is 469 g/mol. The van der Waals surface area contributed by atoms with Crippen LogP contribution in [0.2, 0.25) is 0 Å². The minimum absolute atomic E-state index is 0.0599. The van der Waals surface area contributed by atoms with Gasteiger partial charge in [-0.25, -0.2) is 4.39 Å². The lowest BCUT2D eigenvalue weighted by molar-refractivity contribution is -0.154. The quantitative estimate of drug-likeness (QED) is 0.366. The Morgan fingerprint density at radius 3 is 2.09 bits per heavy atom. The van der Waals surface area contributed by atoms with Gasteiger partial charge in [0.05, 0.1) is 12.1 Å². The lowest BCUT2D eigenvalue weighted by Crippen LogP contribution is -2.24. The molecule has 0 bridgehead atoms. The van der Waals surface area contributed by atoms with Gasteiger partial charge in [0.2, 0.25) is 5.91 Å². The fourth-order valence-electron chi connectivity index (χ4n) is 2.64. The molecule has 0 heterocycles. The molecule has 2 aromatic rings. The molecule has 2 rings (SSSR count). The molecular weight excluding hydrogens is 438 g/mol. The molecule has 1 N–H and O–H groups in total. The van der Waals surface area contributed by atoms with Crippen LogP contribution in [0, 0.1) is 5.82 Å². The number of rotatable bonds is 7. The lowest BCUT2D eigenvalue weighted by Gasteiger charge is -2.19. The SMILES string of the molecule is CC(C)(C)OC(=O)CCc1ccc(F)c(NC(=O)CCC(F)(F)F)c1.CCc1ccccc1. The molecule has 0 unspecified atom stereocenters. The van der Waals surface area contributed by atoms with Crippen LogP contribution in [-0.4, -0.2) is 23.7 Å². The molecule has 182 valence electrons. The Hall–Kier alpha value is -2.90. The number of nitrogens with one attached hydrogen (secondary N) is 1. The highest BCUT2D eigenvalue weighted by Gasteiger charge is 2.28. The van der Waals surface area contributed by atoms with Crippen molar-refractivity contribution < 1.29 is 31.9 Å². The minimum atomic E-state index is -4.45. The number of hydrogen-bond acceptors (Lipinski definition) is 3. The number of aryl methyl sites for hydroxylation is 2. The Balaban J connectivity index is 0.000000568. The van der Waals surface area contributed by atoms with E-state index in [1.165, 1.54) is 17.7 Å². The second kappa shape index (κ2) is 13.0. The number of hydrogen-bond donors (Lipinski definition) is 1. The van der Waals surface area contributed by atoms with Gasteiger partial charge in [0.1, 0.15) is 11.4 Å². The average Bonchev–Trinajstić information content (AvgIpc) is 2.72. The number of benzene rings is 2. The highest BCUT2D eigenvalue weighted by molar-refractivity contribution is 5.90. The molecule has 0 aliphatic rings. The molecule has 0 atom stereocenters. The van der Waals surface area contributed by atoms with E-state index < -0.39 is 42.3 Å². The molecule has 2 aromatic carbocycles. The molecule has 0 spiro atoms. The summed E-state index contributed by atoms with van der Waals surface area (Å²) in [6.45, 7) is 7.36. The third kappa shape index (κ3) is 13.3. The average molecular weight is 470 g/mol. The third-order valence-corrected chi connectivity index (χ3v) is 4.23. The van der Waals surface area contributed by atoms with Crippen LogP contribution in [0.1, 0.15) is 58.1 Å². The van der Waals surface area contributed by atoms with Crippen molar-refractivity contribution in [2.75, 3.05) is 5.32 Å². The number of ether oxygens (including phenoxy) is 1. The van der Waals surface area contributed by atoms with Gasteiger partial charge in [-0.05, 0) is 56.9 Å². The van der Waals surface area contributed by atoms with Crippen molar-refractivity contribution in [2.45, 2.75) is 71.6 Å². The Morgan fingerprint density at radius 2 is 1.58 bits per heavy atom. The van der Waals surface area contributed by atoms with E-state index in [0.717, 1.165) is 12.5 Å². The van der Waals surface area contributed by atoms with Gasteiger partial charge in [0, 0.05) is 12.8 Å². The number of halogens is 4.